The molecule has 1 aromatic carbocycles. The summed E-state index contributed by atoms with van der Waals surface area (Å²) in [5, 5.41) is 10.4. The van der Waals surface area contributed by atoms with Crippen LogP contribution in [0, 0.1) is 10.1 Å². The lowest BCUT2D eigenvalue weighted by molar-refractivity contribution is -0.385. The van der Waals surface area contributed by atoms with E-state index in [1.165, 1.54) is 24.3 Å². The van der Waals surface area contributed by atoms with E-state index in [2.05, 4.69) is 0 Å². The number of carbonyl (C=O) groups is 3. The van der Waals surface area contributed by atoms with E-state index in [1.807, 2.05) is 6.92 Å². The van der Waals surface area contributed by atoms with Gasteiger partial charge in [-0.1, -0.05) is 19.1 Å². The number of rotatable bonds is 6. The Labute approximate surface area is 148 Å². The highest BCUT2D eigenvalue weighted by Gasteiger charge is 2.37. The van der Waals surface area contributed by atoms with Gasteiger partial charge in [-0.05, 0) is 37.2 Å². The van der Waals surface area contributed by atoms with Gasteiger partial charge in [0.25, 0.3) is 16.8 Å². The molecule has 1 fully saturated rings. The Bertz CT molecular complexity index is 761. The SMILES string of the molecule is CC[C@H](C)OC(=O)CN1C(=O)S/C(=C/c2ccccc2[N+](=O)[O-])C1=O. The first kappa shape index (κ1) is 18.7. The number of thioether (sulfide) groups is 1. The van der Waals surface area contributed by atoms with Gasteiger partial charge in [0, 0.05) is 6.07 Å². The normalized spacial score (nSPS) is 17.0. The second kappa shape index (κ2) is 7.93. The second-order valence-electron chi connectivity index (χ2n) is 5.29. The largest absolute Gasteiger partial charge is 0.461 e. The number of nitro groups is 1. The Hall–Kier alpha value is -2.68. The second-order valence-corrected chi connectivity index (χ2v) is 6.29. The average Bonchev–Trinajstić information content (AvgIpc) is 2.82. The van der Waals surface area contributed by atoms with Crippen LogP contribution >= 0.6 is 11.8 Å². The summed E-state index contributed by atoms with van der Waals surface area (Å²) >= 11 is 0.632. The van der Waals surface area contributed by atoms with Crippen LogP contribution in [0.1, 0.15) is 25.8 Å². The summed E-state index contributed by atoms with van der Waals surface area (Å²) in [6.45, 7) is 3.07. The first-order valence-corrected chi connectivity index (χ1v) is 8.33. The van der Waals surface area contributed by atoms with Crippen LogP contribution in [-0.2, 0) is 14.3 Å². The molecule has 25 heavy (non-hydrogen) atoms. The van der Waals surface area contributed by atoms with Crippen molar-refractivity contribution >= 4 is 40.6 Å². The number of ether oxygens (including phenoxy) is 1. The third-order valence-electron chi connectivity index (χ3n) is 3.49. The molecule has 132 valence electrons. The molecule has 0 bridgehead atoms. The Morgan fingerprint density at radius 2 is 2.08 bits per heavy atom. The molecule has 1 aromatic rings. The van der Waals surface area contributed by atoms with Gasteiger partial charge in [0.05, 0.1) is 21.5 Å². The first-order chi connectivity index (χ1) is 11.8. The van der Waals surface area contributed by atoms with Gasteiger partial charge in [-0.15, -0.1) is 0 Å². The molecular weight excluding hydrogens is 348 g/mol. The molecule has 0 aliphatic carbocycles. The van der Waals surface area contributed by atoms with Crippen molar-refractivity contribution in [2.45, 2.75) is 26.4 Å². The third kappa shape index (κ3) is 4.44. The van der Waals surface area contributed by atoms with Crippen molar-refractivity contribution in [1.29, 1.82) is 0 Å². The summed E-state index contributed by atoms with van der Waals surface area (Å²) in [7, 11) is 0. The number of para-hydroxylation sites is 1. The van der Waals surface area contributed by atoms with Crippen LogP contribution < -0.4 is 0 Å². The number of benzene rings is 1. The van der Waals surface area contributed by atoms with Crippen LogP contribution in [-0.4, -0.2) is 39.6 Å². The molecular formula is C16H16N2O6S. The molecule has 8 nitrogen and oxygen atoms in total. The van der Waals surface area contributed by atoms with Gasteiger partial charge in [0.2, 0.25) is 0 Å². The average molecular weight is 364 g/mol. The zero-order chi connectivity index (χ0) is 18.6. The number of nitro benzene ring substituents is 1. The number of hydrogen-bond acceptors (Lipinski definition) is 7. The lowest BCUT2D eigenvalue weighted by Gasteiger charge is -2.14. The van der Waals surface area contributed by atoms with Gasteiger partial charge in [0.15, 0.2) is 0 Å². The van der Waals surface area contributed by atoms with Crippen molar-refractivity contribution in [2.75, 3.05) is 6.54 Å². The van der Waals surface area contributed by atoms with Crippen LogP contribution in [0.15, 0.2) is 29.2 Å². The van der Waals surface area contributed by atoms with Gasteiger partial charge in [-0.3, -0.25) is 29.4 Å². The van der Waals surface area contributed by atoms with Crippen molar-refractivity contribution in [2.24, 2.45) is 0 Å². The lowest BCUT2D eigenvalue weighted by Crippen LogP contribution is -2.35. The Morgan fingerprint density at radius 1 is 1.40 bits per heavy atom. The minimum absolute atomic E-state index is 0.0237. The van der Waals surface area contributed by atoms with Gasteiger partial charge < -0.3 is 4.74 Å². The Kier molecular flexibility index (Phi) is 5.92. The van der Waals surface area contributed by atoms with E-state index in [0.717, 1.165) is 4.90 Å². The van der Waals surface area contributed by atoms with E-state index < -0.39 is 28.6 Å². The molecule has 0 spiro atoms. The molecule has 1 aliphatic heterocycles. The van der Waals surface area contributed by atoms with Crippen LogP contribution in [0.3, 0.4) is 0 Å². The number of nitrogens with zero attached hydrogens (tertiary/aromatic N) is 2. The number of esters is 1. The molecule has 2 rings (SSSR count). The topological polar surface area (TPSA) is 107 Å². The highest BCUT2D eigenvalue weighted by Crippen LogP contribution is 2.33. The van der Waals surface area contributed by atoms with Gasteiger partial charge in [-0.2, -0.15) is 0 Å². The minimum Gasteiger partial charge on any atom is -0.461 e. The summed E-state index contributed by atoms with van der Waals surface area (Å²) in [6.07, 6.45) is 1.59. The highest BCUT2D eigenvalue weighted by molar-refractivity contribution is 8.18. The van der Waals surface area contributed by atoms with E-state index in [1.54, 1.807) is 13.0 Å². The third-order valence-corrected chi connectivity index (χ3v) is 4.40. The van der Waals surface area contributed by atoms with E-state index in [-0.39, 0.29) is 22.3 Å². The lowest BCUT2D eigenvalue weighted by atomic mass is 10.1. The number of amides is 2. The monoisotopic (exact) mass is 364 g/mol. The molecule has 1 saturated heterocycles. The summed E-state index contributed by atoms with van der Waals surface area (Å²) in [5.74, 6) is -1.35. The van der Waals surface area contributed by atoms with Crippen molar-refractivity contribution < 1.29 is 24.0 Å². The molecule has 1 atom stereocenters. The molecule has 0 radical (unpaired) electrons. The van der Waals surface area contributed by atoms with E-state index in [9.17, 15) is 24.5 Å². The predicted octanol–water partition coefficient (Wildman–Crippen LogP) is 2.97. The Morgan fingerprint density at radius 3 is 2.72 bits per heavy atom. The fourth-order valence-electron chi connectivity index (χ4n) is 2.03. The number of carbonyl (C=O) groups excluding carboxylic acids is 3. The quantitative estimate of drug-likeness (QED) is 0.330. The maximum atomic E-state index is 12.3. The van der Waals surface area contributed by atoms with E-state index in [4.69, 9.17) is 4.74 Å². The minimum atomic E-state index is -0.677. The molecule has 9 heteroatoms. The van der Waals surface area contributed by atoms with Crippen LogP contribution in [0.2, 0.25) is 0 Å². The summed E-state index contributed by atoms with van der Waals surface area (Å²) in [4.78, 5) is 47.3. The number of imide groups is 1. The molecule has 1 heterocycles. The molecule has 0 aromatic heterocycles. The van der Waals surface area contributed by atoms with Gasteiger partial charge in [0.1, 0.15) is 6.54 Å². The smallest absolute Gasteiger partial charge is 0.326 e. The predicted molar refractivity (Wildman–Crippen MR) is 91.6 cm³/mol. The fraction of sp³-hybridized carbons (Fsp3) is 0.312. The van der Waals surface area contributed by atoms with Gasteiger partial charge >= 0.3 is 5.97 Å². The Balaban J connectivity index is 2.18. The maximum Gasteiger partial charge on any atom is 0.326 e. The zero-order valence-corrected chi connectivity index (χ0v) is 14.4. The van der Waals surface area contributed by atoms with Crippen molar-refractivity contribution in [1.82, 2.24) is 4.90 Å². The molecule has 0 unspecified atom stereocenters. The first-order valence-electron chi connectivity index (χ1n) is 7.51. The standard InChI is InChI=1S/C16H16N2O6S/c1-3-10(2)24-14(19)9-17-15(20)13(25-16(17)21)8-11-6-4-5-7-12(11)18(22)23/h4-8,10H,3,9H2,1-2H3/b13-8+/t10-/m0/s1. The van der Waals surface area contributed by atoms with Crippen LogP contribution in [0.25, 0.3) is 6.08 Å². The highest BCUT2D eigenvalue weighted by atomic mass is 32.2. The summed E-state index contributed by atoms with van der Waals surface area (Å²) < 4.78 is 5.06. The maximum absolute atomic E-state index is 12.3. The van der Waals surface area contributed by atoms with Crippen molar-refractivity contribution in [3.05, 3.63) is 44.8 Å². The molecule has 2 amide bonds. The molecule has 0 saturated carbocycles. The van der Waals surface area contributed by atoms with E-state index >= 15 is 0 Å². The zero-order valence-electron chi connectivity index (χ0n) is 13.6. The fourth-order valence-corrected chi connectivity index (χ4v) is 2.86. The molecule has 1 aliphatic rings. The van der Waals surface area contributed by atoms with Crippen molar-refractivity contribution in [3.63, 3.8) is 0 Å². The van der Waals surface area contributed by atoms with Crippen LogP contribution in [0.5, 0.6) is 0 Å². The van der Waals surface area contributed by atoms with Gasteiger partial charge in [-0.25, -0.2) is 0 Å². The summed E-state index contributed by atoms with van der Waals surface area (Å²) in [6, 6.07) is 5.88. The van der Waals surface area contributed by atoms with E-state index in [0.29, 0.717) is 18.2 Å². The van der Waals surface area contributed by atoms with Crippen molar-refractivity contribution in [3.8, 4) is 0 Å². The van der Waals surface area contributed by atoms with Crippen LogP contribution in [0.4, 0.5) is 10.5 Å². The molecule has 0 N–H and O–H groups in total. The summed E-state index contributed by atoms with van der Waals surface area (Å²) in [5.41, 5.74) is 0.0330. The number of hydrogen-bond donors (Lipinski definition) is 0.